The van der Waals surface area contributed by atoms with E-state index in [1.54, 1.807) is 41.9 Å². The van der Waals surface area contributed by atoms with Crippen LogP contribution >= 0.6 is 0 Å². The standard InChI is InChI=1S/C27H28F3N3O4/c28-27(29,30)21-13-11-19(12-14-21)18-33-22(25(35)20-8-4-3-5-9-20)15-16-23(33)26(36)31-17-7-2-1-6-10-24(34)32-37/h3-5,8-9,11-16,37H,1-2,6-7,10,17-18H2,(H,31,36)(H,32,34). The number of amides is 2. The van der Waals surface area contributed by atoms with Crippen molar-refractivity contribution >= 4 is 17.6 Å². The van der Waals surface area contributed by atoms with Crippen molar-refractivity contribution in [3.63, 3.8) is 0 Å². The molecule has 0 aliphatic heterocycles. The average Bonchev–Trinajstić information content (AvgIpc) is 3.31. The molecule has 37 heavy (non-hydrogen) atoms. The molecule has 0 fully saturated rings. The summed E-state index contributed by atoms with van der Waals surface area (Å²) in [4.78, 5) is 37.1. The number of halogens is 3. The summed E-state index contributed by atoms with van der Waals surface area (Å²) in [5.74, 6) is -1.15. The molecule has 3 N–H and O–H groups in total. The molecule has 2 aromatic carbocycles. The van der Waals surface area contributed by atoms with Crippen LogP contribution < -0.4 is 10.8 Å². The normalized spacial score (nSPS) is 11.2. The second kappa shape index (κ2) is 12.9. The highest BCUT2D eigenvalue weighted by Crippen LogP contribution is 2.29. The summed E-state index contributed by atoms with van der Waals surface area (Å²) in [5.41, 5.74) is 2.20. The Balaban J connectivity index is 1.73. The van der Waals surface area contributed by atoms with Crippen LogP contribution in [-0.2, 0) is 17.5 Å². The first kappa shape index (κ1) is 27.7. The summed E-state index contributed by atoms with van der Waals surface area (Å²) in [6.45, 7) is 0.410. The van der Waals surface area contributed by atoms with Crippen LogP contribution in [-0.4, -0.2) is 33.9 Å². The molecule has 0 aliphatic rings. The molecular weight excluding hydrogens is 487 g/mol. The molecule has 10 heteroatoms. The Labute approximate surface area is 212 Å². The van der Waals surface area contributed by atoms with Gasteiger partial charge in [0.2, 0.25) is 11.7 Å². The molecule has 0 unspecified atom stereocenters. The summed E-state index contributed by atoms with van der Waals surface area (Å²) in [6.07, 6.45) is -1.44. The fourth-order valence-electron chi connectivity index (χ4n) is 3.87. The van der Waals surface area contributed by atoms with Gasteiger partial charge in [-0.05, 0) is 42.7 Å². The predicted octanol–water partition coefficient (Wildman–Crippen LogP) is 4.97. The maximum Gasteiger partial charge on any atom is 0.416 e. The number of nitrogens with one attached hydrogen (secondary N) is 2. The summed E-state index contributed by atoms with van der Waals surface area (Å²) >= 11 is 0. The van der Waals surface area contributed by atoms with Gasteiger partial charge in [0.15, 0.2) is 0 Å². The first-order valence-corrected chi connectivity index (χ1v) is 11.9. The third-order valence-electron chi connectivity index (χ3n) is 5.84. The van der Waals surface area contributed by atoms with Crippen LogP contribution in [0, 0.1) is 0 Å². The molecule has 1 heterocycles. The van der Waals surface area contributed by atoms with Crippen molar-refractivity contribution in [1.29, 1.82) is 0 Å². The maximum atomic E-state index is 13.2. The molecule has 0 saturated heterocycles. The van der Waals surface area contributed by atoms with E-state index in [9.17, 15) is 27.6 Å². The zero-order chi connectivity index (χ0) is 26.8. The Hall–Kier alpha value is -3.92. The number of hydrogen-bond donors (Lipinski definition) is 3. The van der Waals surface area contributed by atoms with Crippen LogP contribution in [0.4, 0.5) is 13.2 Å². The van der Waals surface area contributed by atoms with Gasteiger partial charge in [0.25, 0.3) is 5.91 Å². The van der Waals surface area contributed by atoms with Gasteiger partial charge in [-0.3, -0.25) is 19.6 Å². The van der Waals surface area contributed by atoms with Gasteiger partial charge in [-0.1, -0.05) is 55.3 Å². The first-order chi connectivity index (χ1) is 17.7. The lowest BCUT2D eigenvalue weighted by atomic mass is 10.1. The Kier molecular flexibility index (Phi) is 9.62. The summed E-state index contributed by atoms with van der Waals surface area (Å²) in [6, 6.07) is 16.2. The van der Waals surface area contributed by atoms with Crippen molar-refractivity contribution in [2.24, 2.45) is 0 Å². The van der Waals surface area contributed by atoms with Crippen molar-refractivity contribution < 1.29 is 32.8 Å². The van der Waals surface area contributed by atoms with E-state index in [4.69, 9.17) is 5.21 Å². The summed E-state index contributed by atoms with van der Waals surface area (Å²) in [7, 11) is 0. The van der Waals surface area contributed by atoms with E-state index in [1.165, 1.54) is 22.8 Å². The molecule has 0 atom stereocenters. The van der Waals surface area contributed by atoms with Crippen molar-refractivity contribution in [2.45, 2.75) is 44.8 Å². The van der Waals surface area contributed by atoms with Crippen LogP contribution in [0.15, 0.2) is 66.7 Å². The lowest BCUT2D eigenvalue weighted by molar-refractivity contribution is -0.137. The smallest absolute Gasteiger partial charge is 0.351 e. The molecule has 7 nitrogen and oxygen atoms in total. The number of ketones is 1. The first-order valence-electron chi connectivity index (χ1n) is 11.9. The van der Waals surface area contributed by atoms with Crippen molar-refractivity contribution in [1.82, 2.24) is 15.4 Å². The summed E-state index contributed by atoms with van der Waals surface area (Å²) in [5, 5.41) is 11.3. The molecule has 196 valence electrons. The Morgan fingerprint density at radius 1 is 0.811 bits per heavy atom. The molecule has 0 aliphatic carbocycles. The average molecular weight is 516 g/mol. The molecule has 1 aromatic heterocycles. The van der Waals surface area contributed by atoms with E-state index in [1.807, 2.05) is 0 Å². The minimum absolute atomic E-state index is 0.0364. The minimum atomic E-state index is -4.46. The maximum absolute atomic E-state index is 13.2. The van der Waals surface area contributed by atoms with Gasteiger partial charge in [-0.2, -0.15) is 13.2 Å². The second-order valence-corrected chi connectivity index (χ2v) is 8.53. The summed E-state index contributed by atoms with van der Waals surface area (Å²) < 4.78 is 40.4. The fraction of sp³-hybridized carbons (Fsp3) is 0.296. The number of hydroxylamine groups is 1. The Morgan fingerprint density at radius 2 is 1.46 bits per heavy atom. The van der Waals surface area contributed by atoms with E-state index in [0.717, 1.165) is 25.0 Å². The second-order valence-electron chi connectivity index (χ2n) is 8.53. The number of alkyl halides is 3. The topological polar surface area (TPSA) is 100 Å². The lowest BCUT2D eigenvalue weighted by Crippen LogP contribution is -2.28. The van der Waals surface area contributed by atoms with E-state index < -0.39 is 23.6 Å². The molecule has 0 bridgehead atoms. The molecule has 2 amide bonds. The van der Waals surface area contributed by atoms with Gasteiger partial charge < -0.3 is 9.88 Å². The molecule has 0 radical (unpaired) electrons. The highest BCUT2D eigenvalue weighted by Gasteiger charge is 2.30. The molecule has 0 saturated carbocycles. The quantitative estimate of drug-likeness (QED) is 0.137. The van der Waals surface area contributed by atoms with Crippen molar-refractivity contribution in [2.75, 3.05) is 6.54 Å². The largest absolute Gasteiger partial charge is 0.416 e. The number of carbonyl (C=O) groups excluding carboxylic acids is 3. The van der Waals surface area contributed by atoms with Crippen molar-refractivity contribution in [3.05, 3.63) is 94.8 Å². The predicted molar refractivity (Wildman–Crippen MR) is 130 cm³/mol. The minimum Gasteiger partial charge on any atom is -0.351 e. The third kappa shape index (κ3) is 7.78. The van der Waals surface area contributed by atoms with Crippen LogP contribution in [0.2, 0.25) is 0 Å². The zero-order valence-corrected chi connectivity index (χ0v) is 20.1. The Bertz CT molecular complexity index is 1210. The number of aromatic nitrogens is 1. The van der Waals surface area contributed by atoms with E-state index in [0.29, 0.717) is 30.5 Å². The highest BCUT2D eigenvalue weighted by atomic mass is 19.4. The van der Waals surface area contributed by atoms with Crippen LogP contribution in [0.25, 0.3) is 0 Å². The van der Waals surface area contributed by atoms with Crippen LogP contribution in [0.5, 0.6) is 0 Å². The Morgan fingerprint density at radius 3 is 2.11 bits per heavy atom. The van der Waals surface area contributed by atoms with Gasteiger partial charge in [0, 0.05) is 25.1 Å². The SMILES string of the molecule is O=C(CCCCCCNC(=O)c1ccc(C(=O)c2ccccc2)n1Cc1ccc(C(F)(F)F)cc1)NO. The van der Waals surface area contributed by atoms with Gasteiger partial charge >= 0.3 is 6.18 Å². The fourth-order valence-corrected chi connectivity index (χ4v) is 3.87. The number of benzene rings is 2. The van der Waals surface area contributed by atoms with Gasteiger partial charge in [0.05, 0.1) is 11.3 Å². The molecule has 3 rings (SSSR count). The van der Waals surface area contributed by atoms with Crippen molar-refractivity contribution in [3.8, 4) is 0 Å². The lowest BCUT2D eigenvalue weighted by Gasteiger charge is -2.14. The van der Waals surface area contributed by atoms with E-state index >= 15 is 0 Å². The number of nitrogens with zero attached hydrogens (tertiary/aromatic N) is 1. The number of carbonyl (C=O) groups is 3. The molecule has 3 aromatic rings. The monoisotopic (exact) mass is 515 g/mol. The molecule has 0 spiro atoms. The van der Waals surface area contributed by atoms with E-state index in [-0.39, 0.29) is 30.1 Å². The van der Waals surface area contributed by atoms with Gasteiger partial charge in [-0.15, -0.1) is 0 Å². The van der Waals surface area contributed by atoms with E-state index in [2.05, 4.69) is 5.32 Å². The zero-order valence-electron chi connectivity index (χ0n) is 20.1. The number of rotatable bonds is 12. The highest BCUT2D eigenvalue weighted by molar-refractivity contribution is 6.09. The third-order valence-corrected chi connectivity index (χ3v) is 5.84. The van der Waals surface area contributed by atoms with Gasteiger partial charge in [0.1, 0.15) is 5.69 Å². The number of hydrogen-bond acceptors (Lipinski definition) is 4. The van der Waals surface area contributed by atoms with Crippen LogP contribution in [0.3, 0.4) is 0 Å². The van der Waals surface area contributed by atoms with Crippen LogP contribution in [0.1, 0.15) is 69.8 Å². The number of unbranched alkanes of at least 4 members (excludes halogenated alkanes) is 3. The van der Waals surface area contributed by atoms with Gasteiger partial charge in [-0.25, -0.2) is 5.48 Å². The molecular formula is C27H28F3N3O4.